The molecule has 0 aliphatic carbocycles. The zero-order valence-corrected chi connectivity index (χ0v) is 11.6. The average Bonchev–Trinajstić information content (AvgIpc) is 2.46. The number of hydrogen-bond donors (Lipinski definition) is 0. The van der Waals surface area contributed by atoms with Crippen molar-refractivity contribution in [3.8, 4) is 0 Å². The molecule has 1 aliphatic rings. The molecule has 5 nitrogen and oxygen atoms in total. The number of non-ortho nitro benzene ring substituents is 1. The van der Waals surface area contributed by atoms with Crippen LogP contribution < -0.4 is 4.90 Å². The summed E-state index contributed by atoms with van der Waals surface area (Å²) in [5.74, 6) is 0.268. The highest BCUT2D eigenvalue weighted by molar-refractivity contribution is 6.17. The molecular weight excluding hydrogens is 268 g/mol. The summed E-state index contributed by atoms with van der Waals surface area (Å²) in [6, 6.07) is 5.27. The Morgan fingerprint density at radius 1 is 1.47 bits per heavy atom. The fourth-order valence-electron chi connectivity index (χ4n) is 2.41. The van der Waals surface area contributed by atoms with Crippen molar-refractivity contribution < 1.29 is 9.66 Å². The molecule has 0 saturated carbocycles. The van der Waals surface area contributed by atoms with E-state index in [0.29, 0.717) is 6.04 Å². The van der Waals surface area contributed by atoms with Gasteiger partial charge in [0.2, 0.25) is 0 Å². The van der Waals surface area contributed by atoms with Gasteiger partial charge in [0.1, 0.15) is 0 Å². The number of nitro groups is 1. The fourth-order valence-corrected chi connectivity index (χ4v) is 2.62. The van der Waals surface area contributed by atoms with Gasteiger partial charge in [-0.1, -0.05) is 0 Å². The number of rotatable bonds is 4. The molecule has 0 aromatic heterocycles. The number of anilines is 1. The summed E-state index contributed by atoms with van der Waals surface area (Å²) in [5, 5.41) is 10.8. The summed E-state index contributed by atoms with van der Waals surface area (Å²) in [5.41, 5.74) is 1.84. The highest BCUT2D eigenvalue weighted by Gasteiger charge is 2.21. The Labute approximate surface area is 117 Å². The number of halogens is 1. The van der Waals surface area contributed by atoms with Crippen LogP contribution in [-0.4, -0.2) is 31.2 Å². The first kappa shape index (κ1) is 14.1. The third-order valence-electron chi connectivity index (χ3n) is 3.54. The Morgan fingerprint density at radius 3 is 2.74 bits per heavy atom. The second-order valence-corrected chi connectivity index (χ2v) is 4.93. The van der Waals surface area contributed by atoms with Crippen LogP contribution >= 0.6 is 11.6 Å². The predicted octanol–water partition coefficient (Wildman–Crippen LogP) is 2.95. The van der Waals surface area contributed by atoms with Crippen LogP contribution in [0.5, 0.6) is 0 Å². The van der Waals surface area contributed by atoms with Gasteiger partial charge >= 0.3 is 0 Å². The largest absolute Gasteiger partial charge is 0.381 e. The molecular formula is C13H17ClN2O3. The number of nitro benzene ring substituents is 1. The molecule has 0 bridgehead atoms. The Bertz CT molecular complexity index is 461. The fraction of sp³-hybridized carbons (Fsp3) is 0.538. The van der Waals surface area contributed by atoms with E-state index < -0.39 is 4.92 Å². The van der Waals surface area contributed by atoms with E-state index in [0.717, 1.165) is 37.3 Å². The lowest BCUT2D eigenvalue weighted by atomic mass is 10.0. The lowest BCUT2D eigenvalue weighted by molar-refractivity contribution is -0.384. The molecule has 19 heavy (non-hydrogen) atoms. The topological polar surface area (TPSA) is 55.6 Å². The third kappa shape index (κ3) is 3.16. The summed E-state index contributed by atoms with van der Waals surface area (Å²) >= 11 is 5.92. The summed E-state index contributed by atoms with van der Waals surface area (Å²) in [7, 11) is 2.01. The van der Waals surface area contributed by atoms with Crippen LogP contribution in [0.2, 0.25) is 0 Å². The van der Waals surface area contributed by atoms with Crippen LogP contribution in [0.25, 0.3) is 0 Å². The molecule has 1 heterocycles. The van der Waals surface area contributed by atoms with Crippen LogP contribution in [0.15, 0.2) is 18.2 Å². The first-order chi connectivity index (χ1) is 9.13. The Balaban J connectivity index is 2.25. The first-order valence-corrected chi connectivity index (χ1v) is 6.80. The van der Waals surface area contributed by atoms with E-state index in [1.54, 1.807) is 12.1 Å². The van der Waals surface area contributed by atoms with E-state index in [1.165, 1.54) is 6.07 Å². The van der Waals surface area contributed by atoms with Crippen LogP contribution in [0.4, 0.5) is 11.4 Å². The zero-order chi connectivity index (χ0) is 13.8. The van der Waals surface area contributed by atoms with Gasteiger partial charge in [0, 0.05) is 50.0 Å². The van der Waals surface area contributed by atoms with Crippen molar-refractivity contribution in [3.05, 3.63) is 33.9 Å². The maximum absolute atomic E-state index is 10.8. The van der Waals surface area contributed by atoms with E-state index in [4.69, 9.17) is 16.3 Å². The van der Waals surface area contributed by atoms with Crippen LogP contribution in [0.1, 0.15) is 18.4 Å². The van der Waals surface area contributed by atoms with Crippen molar-refractivity contribution in [3.63, 3.8) is 0 Å². The van der Waals surface area contributed by atoms with E-state index in [1.807, 2.05) is 7.05 Å². The molecule has 6 heteroatoms. The van der Waals surface area contributed by atoms with Gasteiger partial charge in [0.05, 0.1) is 4.92 Å². The number of hydrogen-bond acceptors (Lipinski definition) is 4. The average molecular weight is 285 g/mol. The highest BCUT2D eigenvalue weighted by Crippen LogP contribution is 2.29. The van der Waals surface area contributed by atoms with E-state index >= 15 is 0 Å². The van der Waals surface area contributed by atoms with Crippen LogP contribution in [0, 0.1) is 10.1 Å². The van der Waals surface area contributed by atoms with Crippen molar-refractivity contribution in [2.45, 2.75) is 24.8 Å². The Hall–Kier alpha value is -1.33. The van der Waals surface area contributed by atoms with Gasteiger partial charge in [0.15, 0.2) is 0 Å². The molecule has 104 valence electrons. The number of alkyl halides is 1. The maximum atomic E-state index is 10.8. The number of ether oxygens (including phenoxy) is 1. The number of benzene rings is 1. The quantitative estimate of drug-likeness (QED) is 0.484. The van der Waals surface area contributed by atoms with Crippen molar-refractivity contribution in [1.82, 2.24) is 0 Å². The van der Waals surface area contributed by atoms with Gasteiger partial charge in [0.25, 0.3) is 5.69 Å². The zero-order valence-electron chi connectivity index (χ0n) is 10.8. The van der Waals surface area contributed by atoms with Crippen LogP contribution in [0.3, 0.4) is 0 Å². The minimum Gasteiger partial charge on any atom is -0.381 e. The molecule has 1 aromatic rings. The molecule has 1 saturated heterocycles. The maximum Gasteiger partial charge on any atom is 0.269 e. The molecule has 1 fully saturated rings. The molecule has 0 radical (unpaired) electrons. The van der Waals surface area contributed by atoms with Crippen molar-refractivity contribution in [1.29, 1.82) is 0 Å². The Kier molecular flexibility index (Phi) is 4.61. The summed E-state index contributed by atoms with van der Waals surface area (Å²) in [4.78, 5) is 12.5. The molecule has 2 rings (SSSR count). The molecule has 1 aliphatic heterocycles. The normalized spacial score (nSPS) is 16.3. The minimum atomic E-state index is -0.395. The lowest BCUT2D eigenvalue weighted by Crippen LogP contribution is -2.37. The third-order valence-corrected chi connectivity index (χ3v) is 3.82. The van der Waals surface area contributed by atoms with Crippen molar-refractivity contribution in [2.24, 2.45) is 0 Å². The van der Waals surface area contributed by atoms with E-state index in [2.05, 4.69) is 4.90 Å². The van der Waals surface area contributed by atoms with E-state index in [9.17, 15) is 10.1 Å². The summed E-state index contributed by atoms with van der Waals surface area (Å²) < 4.78 is 5.35. The first-order valence-electron chi connectivity index (χ1n) is 6.27. The van der Waals surface area contributed by atoms with Gasteiger partial charge in [-0.05, 0) is 24.5 Å². The Morgan fingerprint density at radius 2 is 2.16 bits per heavy atom. The molecule has 0 N–H and O–H groups in total. The standard InChI is InChI=1S/C13H17ClN2O3/c1-15(11-4-6-19-7-5-11)13-3-2-12(16(17)18)8-10(13)9-14/h2-3,8,11H,4-7,9H2,1H3. The summed E-state index contributed by atoms with van der Waals surface area (Å²) in [6.45, 7) is 1.52. The molecule has 0 spiro atoms. The highest BCUT2D eigenvalue weighted by atomic mass is 35.5. The van der Waals surface area contributed by atoms with Gasteiger partial charge in [-0.3, -0.25) is 10.1 Å². The molecule has 0 atom stereocenters. The minimum absolute atomic E-state index is 0.0831. The number of nitrogens with zero attached hydrogens (tertiary/aromatic N) is 2. The van der Waals surface area contributed by atoms with Crippen molar-refractivity contribution in [2.75, 3.05) is 25.2 Å². The van der Waals surface area contributed by atoms with Gasteiger partial charge in [-0.25, -0.2) is 0 Å². The second-order valence-electron chi connectivity index (χ2n) is 4.66. The van der Waals surface area contributed by atoms with Crippen molar-refractivity contribution >= 4 is 23.0 Å². The second kappa shape index (κ2) is 6.21. The van der Waals surface area contributed by atoms with Gasteiger partial charge in [-0.15, -0.1) is 11.6 Å². The predicted molar refractivity (Wildman–Crippen MR) is 74.9 cm³/mol. The molecule has 1 aromatic carbocycles. The monoisotopic (exact) mass is 284 g/mol. The SMILES string of the molecule is CN(c1ccc([N+](=O)[O-])cc1CCl)C1CCOCC1. The van der Waals surface area contributed by atoms with E-state index in [-0.39, 0.29) is 11.6 Å². The van der Waals surface area contributed by atoms with Crippen LogP contribution in [-0.2, 0) is 10.6 Å². The molecule has 0 unspecified atom stereocenters. The van der Waals surface area contributed by atoms with Gasteiger partial charge < -0.3 is 9.64 Å². The smallest absolute Gasteiger partial charge is 0.269 e. The van der Waals surface area contributed by atoms with Gasteiger partial charge in [-0.2, -0.15) is 0 Å². The lowest BCUT2D eigenvalue weighted by Gasteiger charge is -2.33. The molecule has 0 amide bonds. The summed E-state index contributed by atoms with van der Waals surface area (Å²) in [6.07, 6.45) is 1.93.